The fraction of sp³-hybridized carbons (Fsp3) is 0.478. The van der Waals surface area contributed by atoms with Gasteiger partial charge in [0.25, 0.3) is 5.91 Å². The van der Waals surface area contributed by atoms with Crippen molar-refractivity contribution in [2.75, 3.05) is 19.4 Å². The summed E-state index contributed by atoms with van der Waals surface area (Å²) in [6.07, 6.45) is 4.83. The van der Waals surface area contributed by atoms with Gasteiger partial charge < -0.3 is 20.1 Å². The Kier molecular flexibility index (Phi) is 10.3. The summed E-state index contributed by atoms with van der Waals surface area (Å²) in [6, 6.07) is 5.06. The summed E-state index contributed by atoms with van der Waals surface area (Å²) < 4.78 is 9.76. The third kappa shape index (κ3) is 8.02. The number of methoxy groups -OCH3 is 1. The van der Waals surface area contributed by atoms with E-state index in [-0.39, 0.29) is 5.75 Å². The molecular weight excluding hydrogens is 446 g/mol. The Morgan fingerprint density at radius 2 is 1.85 bits per heavy atom. The van der Waals surface area contributed by atoms with Crippen molar-refractivity contribution in [3.05, 3.63) is 34.9 Å². The molecule has 0 fully saturated rings. The second kappa shape index (κ2) is 12.2. The minimum Gasteiger partial charge on any atom is -0.468 e. The van der Waals surface area contributed by atoms with Gasteiger partial charge in [-0.3, -0.25) is 19.3 Å². The number of ether oxygens (including phenoxy) is 2. The number of carbonyl (C=O) groups excluding carboxylic acids is 4. The minimum absolute atomic E-state index is 0.0977. The van der Waals surface area contributed by atoms with Crippen molar-refractivity contribution < 1.29 is 28.7 Å². The molecule has 1 rings (SSSR count). The van der Waals surface area contributed by atoms with Crippen LogP contribution >= 0.6 is 12.6 Å². The van der Waals surface area contributed by atoms with Crippen molar-refractivity contribution in [3.8, 4) is 12.5 Å². The van der Waals surface area contributed by atoms with Crippen molar-refractivity contribution in [1.82, 2.24) is 15.5 Å². The topological polar surface area (TPSA) is 114 Å². The average molecular weight is 478 g/mol. The van der Waals surface area contributed by atoms with Crippen molar-refractivity contribution in [1.29, 1.82) is 0 Å². The number of esters is 1. The van der Waals surface area contributed by atoms with Gasteiger partial charge in [-0.15, -0.1) is 0 Å². The third-order valence-corrected chi connectivity index (χ3v) is 5.00. The molecule has 180 valence electrons. The lowest BCUT2D eigenvalue weighted by atomic mass is 9.95. The maximum absolute atomic E-state index is 13.3. The summed E-state index contributed by atoms with van der Waals surface area (Å²) in [4.78, 5) is 51.0. The minimum atomic E-state index is -1.27. The number of amides is 3. The second-order valence-corrected chi connectivity index (χ2v) is 8.57. The number of hydrogen-bond donors (Lipinski definition) is 3. The highest BCUT2D eigenvalue weighted by atomic mass is 32.1. The smallest absolute Gasteiger partial charge is 0.408 e. The fourth-order valence-electron chi connectivity index (χ4n) is 2.86. The van der Waals surface area contributed by atoms with Crippen LogP contribution in [0.1, 0.15) is 43.5 Å². The molecule has 2 N–H and O–H groups in total. The lowest BCUT2D eigenvalue weighted by molar-refractivity contribution is -0.142. The predicted molar refractivity (Wildman–Crippen MR) is 126 cm³/mol. The summed E-state index contributed by atoms with van der Waals surface area (Å²) in [5.41, 5.74) is 1.31. The molecule has 10 heteroatoms. The number of alkyl carbamates (subject to hydrolysis) is 1. The molecule has 1 aromatic rings. The monoisotopic (exact) mass is 477 g/mol. The summed E-state index contributed by atoms with van der Waals surface area (Å²) in [5, 5.41) is 4.88. The molecule has 0 aromatic heterocycles. The quantitative estimate of drug-likeness (QED) is 0.228. The van der Waals surface area contributed by atoms with Crippen LogP contribution in [-0.4, -0.2) is 59.8 Å². The molecule has 2 unspecified atom stereocenters. The molecule has 0 saturated carbocycles. The van der Waals surface area contributed by atoms with Crippen LogP contribution in [0, 0.1) is 26.3 Å². The van der Waals surface area contributed by atoms with E-state index in [1.807, 2.05) is 13.0 Å². The molecule has 0 aliphatic rings. The Balaban J connectivity index is 3.34. The molecule has 0 spiro atoms. The number of rotatable bonds is 8. The average Bonchev–Trinajstić information content (AvgIpc) is 2.74. The SMILES string of the molecule is C#CN(C(=O)C(CS)NC(=O)OC(C)(C)C)C(C(=O)NCC(=O)OC)c1cccc(C)c1C. The van der Waals surface area contributed by atoms with Gasteiger partial charge in [-0.2, -0.15) is 12.6 Å². The van der Waals surface area contributed by atoms with Crippen molar-refractivity contribution in [3.63, 3.8) is 0 Å². The van der Waals surface area contributed by atoms with Gasteiger partial charge in [-0.05, 0) is 51.3 Å². The molecule has 3 amide bonds. The van der Waals surface area contributed by atoms with Gasteiger partial charge in [-0.1, -0.05) is 24.6 Å². The van der Waals surface area contributed by atoms with Crippen LogP contribution in [-0.2, 0) is 23.9 Å². The van der Waals surface area contributed by atoms with Gasteiger partial charge in [-0.25, -0.2) is 4.79 Å². The maximum atomic E-state index is 13.3. The second-order valence-electron chi connectivity index (χ2n) is 8.20. The van der Waals surface area contributed by atoms with Crippen LogP contribution in [0.5, 0.6) is 0 Å². The summed E-state index contributed by atoms with van der Waals surface area (Å²) in [6.45, 7) is 8.28. The van der Waals surface area contributed by atoms with Crippen molar-refractivity contribution >= 4 is 36.5 Å². The van der Waals surface area contributed by atoms with Gasteiger partial charge in [0.2, 0.25) is 5.91 Å². The standard InChI is InChI=1S/C23H31N3O6S/c1-8-26(21(29)17(13-33)25-22(30)32-23(4,5)6)19(20(28)24-12-18(27)31-7)16-11-9-10-14(2)15(16)3/h1,9-11,17,19,33H,12-13H2,2-7H3,(H,24,28)(H,25,30). The van der Waals surface area contributed by atoms with Gasteiger partial charge in [0.1, 0.15) is 24.2 Å². The molecule has 0 heterocycles. The number of hydrogen-bond acceptors (Lipinski definition) is 7. The van der Waals surface area contributed by atoms with Gasteiger partial charge >= 0.3 is 12.1 Å². The summed E-state index contributed by atoms with van der Waals surface area (Å²) in [5.74, 6) is -2.19. The number of terminal acetylenes is 1. The Morgan fingerprint density at radius 1 is 1.21 bits per heavy atom. The fourth-order valence-corrected chi connectivity index (χ4v) is 3.11. The molecule has 0 aliphatic carbocycles. The lowest BCUT2D eigenvalue weighted by Crippen LogP contribution is -2.52. The number of nitrogens with one attached hydrogen (secondary N) is 2. The van der Waals surface area contributed by atoms with Gasteiger partial charge in [0.05, 0.1) is 7.11 Å². The highest BCUT2D eigenvalue weighted by Gasteiger charge is 2.36. The van der Waals surface area contributed by atoms with E-state index in [1.165, 1.54) is 7.11 Å². The molecule has 9 nitrogen and oxygen atoms in total. The van der Waals surface area contributed by atoms with Crippen molar-refractivity contribution in [2.24, 2.45) is 0 Å². The normalized spacial score (nSPS) is 12.5. The first-order chi connectivity index (χ1) is 15.4. The van der Waals surface area contributed by atoms with E-state index in [0.717, 1.165) is 16.0 Å². The maximum Gasteiger partial charge on any atom is 0.408 e. The zero-order chi connectivity index (χ0) is 25.3. The summed E-state index contributed by atoms with van der Waals surface area (Å²) >= 11 is 4.15. The molecule has 0 radical (unpaired) electrons. The lowest BCUT2D eigenvalue weighted by Gasteiger charge is -2.30. The first kappa shape index (κ1) is 27.8. The van der Waals surface area contributed by atoms with E-state index in [1.54, 1.807) is 39.8 Å². The highest BCUT2D eigenvalue weighted by Crippen LogP contribution is 2.27. The van der Waals surface area contributed by atoms with E-state index < -0.39 is 48.1 Å². The van der Waals surface area contributed by atoms with E-state index in [4.69, 9.17) is 11.2 Å². The molecule has 0 aliphatic heterocycles. The van der Waals surface area contributed by atoms with E-state index in [2.05, 4.69) is 34.0 Å². The largest absolute Gasteiger partial charge is 0.468 e. The highest BCUT2D eigenvalue weighted by molar-refractivity contribution is 7.80. The Morgan fingerprint density at radius 3 is 2.36 bits per heavy atom. The van der Waals surface area contributed by atoms with Crippen LogP contribution in [0.25, 0.3) is 0 Å². The Labute approximate surface area is 200 Å². The molecule has 0 saturated heterocycles. The molecular formula is C23H31N3O6S. The zero-order valence-electron chi connectivity index (χ0n) is 19.7. The van der Waals surface area contributed by atoms with Crippen molar-refractivity contribution in [2.45, 2.75) is 52.3 Å². The van der Waals surface area contributed by atoms with E-state index >= 15 is 0 Å². The number of nitrogens with zero attached hydrogens (tertiary/aromatic N) is 1. The molecule has 0 bridgehead atoms. The van der Waals surface area contributed by atoms with Crippen LogP contribution in [0.3, 0.4) is 0 Å². The Bertz CT molecular complexity index is 935. The van der Waals surface area contributed by atoms with Crippen LogP contribution < -0.4 is 10.6 Å². The van der Waals surface area contributed by atoms with Gasteiger partial charge in [0.15, 0.2) is 0 Å². The number of benzene rings is 1. The molecule has 1 aromatic carbocycles. The Hall–Kier alpha value is -3.19. The number of aryl methyl sites for hydroxylation is 1. The molecule has 33 heavy (non-hydrogen) atoms. The van der Waals surface area contributed by atoms with Gasteiger partial charge in [0, 0.05) is 11.8 Å². The first-order valence-corrected chi connectivity index (χ1v) is 10.8. The summed E-state index contributed by atoms with van der Waals surface area (Å²) in [7, 11) is 1.19. The molecule has 2 atom stereocenters. The number of thiol groups is 1. The van der Waals surface area contributed by atoms with E-state index in [0.29, 0.717) is 5.56 Å². The van der Waals surface area contributed by atoms with Crippen LogP contribution in [0.2, 0.25) is 0 Å². The number of carbonyl (C=O) groups is 4. The van der Waals surface area contributed by atoms with Crippen LogP contribution in [0.15, 0.2) is 18.2 Å². The van der Waals surface area contributed by atoms with E-state index in [9.17, 15) is 19.2 Å². The first-order valence-electron chi connectivity index (χ1n) is 10.2. The zero-order valence-corrected chi connectivity index (χ0v) is 20.6. The predicted octanol–water partition coefficient (Wildman–Crippen LogP) is 1.88. The van der Waals surface area contributed by atoms with Crippen LogP contribution in [0.4, 0.5) is 4.79 Å². The third-order valence-electron chi connectivity index (χ3n) is 4.63.